The number of nitrogens with one attached hydrogen (secondary N) is 1. The number of rotatable bonds is 9. The van der Waals surface area contributed by atoms with E-state index in [1.54, 1.807) is 6.07 Å². The van der Waals surface area contributed by atoms with Crippen LogP contribution in [0.3, 0.4) is 0 Å². The highest BCUT2D eigenvalue weighted by molar-refractivity contribution is 5.93. The summed E-state index contributed by atoms with van der Waals surface area (Å²) >= 11 is 0. The Morgan fingerprint density at radius 1 is 1.35 bits per heavy atom. The lowest BCUT2D eigenvalue weighted by Gasteiger charge is -2.24. The van der Waals surface area contributed by atoms with Crippen LogP contribution in [0.5, 0.6) is 0 Å². The van der Waals surface area contributed by atoms with Crippen LogP contribution in [-0.4, -0.2) is 59.5 Å². The van der Waals surface area contributed by atoms with E-state index < -0.39 is 0 Å². The van der Waals surface area contributed by atoms with Crippen molar-refractivity contribution in [3.05, 3.63) is 54.1 Å². The molecule has 166 valence electrons. The van der Waals surface area contributed by atoms with E-state index in [4.69, 9.17) is 0 Å². The molecule has 1 aliphatic rings. The average Bonchev–Trinajstić information content (AvgIpc) is 3.26. The van der Waals surface area contributed by atoms with E-state index in [0.29, 0.717) is 24.6 Å². The minimum absolute atomic E-state index is 0.104. The Morgan fingerprint density at radius 3 is 2.94 bits per heavy atom. The third-order valence-corrected chi connectivity index (χ3v) is 5.71. The third-order valence-electron chi connectivity index (χ3n) is 5.71. The molecule has 1 saturated heterocycles. The lowest BCUT2D eigenvalue weighted by molar-refractivity contribution is -0.127. The second-order valence-corrected chi connectivity index (χ2v) is 7.68. The number of hydrogen-bond acceptors (Lipinski definition) is 5. The van der Waals surface area contributed by atoms with Crippen molar-refractivity contribution in [1.29, 1.82) is 0 Å². The first-order chi connectivity index (χ1) is 15.1. The number of benzene rings is 1. The lowest BCUT2D eigenvalue weighted by atomic mass is 10.1. The molecule has 7 heteroatoms. The lowest BCUT2D eigenvalue weighted by Crippen LogP contribution is -2.41. The van der Waals surface area contributed by atoms with Gasteiger partial charge in [0, 0.05) is 49.7 Å². The van der Waals surface area contributed by atoms with Gasteiger partial charge in [-0.1, -0.05) is 31.2 Å². The van der Waals surface area contributed by atoms with E-state index in [-0.39, 0.29) is 11.7 Å². The highest BCUT2D eigenvalue weighted by Crippen LogP contribution is 2.27. The SMILES string of the molecule is C/C=C\C=C(/CC)C(=O)N(CC)CCNC1CCN(c2ncnc3c(F)cccc23)C1. The van der Waals surface area contributed by atoms with Crippen LogP contribution in [0.4, 0.5) is 10.2 Å². The molecule has 2 heterocycles. The number of para-hydroxylation sites is 1. The smallest absolute Gasteiger partial charge is 0.249 e. The molecule has 1 aromatic carbocycles. The number of amides is 1. The van der Waals surface area contributed by atoms with Crippen molar-refractivity contribution in [3.63, 3.8) is 0 Å². The zero-order chi connectivity index (χ0) is 22.2. The van der Waals surface area contributed by atoms with Crippen LogP contribution in [0.2, 0.25) is 0 Å². The molecule has 1 unspecified atom stereocenters. The van der Waals surface area contributed by atoms with Crippen molar-refractivity contribution < 1.29 is 9.18 Å². The minimum Gasteiger partial charge on any atom is -0.354 e. The number of carbonyl (C=O) groups is 1. The maximum Gasteiger partial charge on any atom is 0.249 e. The molecule has 1 aromatic heterocycles. The molecule has 3 rings (SSSR count). The summed E-state index contributed by atoms with van der Waals surface area (Å²) in [5, 5.41) is 4.32. The molecule has 31 heavy (non-hydrogen) atoms. The largest absolute Gasteiger partial charge is 0.354 e. The summed E-state index contributed by atoms with van der Waals surface area (Å²) in [6.07, 6.45) is 8.88. The highest BCUT2D eigenvalue weighted by Gasteiger charge is 2.25. The second-order valence-electron chi connectivity index (χ2n) is 7.68. The first-order valence-electron chi connectivity index (χ1n) is 11.1. The monoisotopic (exact) mass is 425 g/mol. The zero-order valence-corrected chi connectivity index (χ0v) is 18.6. The number of hydrogen-bond donors (Lipinski definition) is 1. The van der Waals surface area contributed by atoms with Gasteiger partial charge >= 0.3 is 0 Å². The van der Waals surface area contributed by atoms with Gasteiger partial charge in [-0.05, 0) is 38.8 Å². The zero-order valence-electron chi connectivity index (χ0n) is 18.6. The fourth-order valence-electron chi connectivity index (χ4n) is 3.97. The molecule has 2 aromatic rings. The van der Waals surface area contributed by atoms with Gasteiger partial charge in [0.15, 0.2) is 0 Å². The normalized spacial score (nSPS) is 17.1. The molecule has 0 radical (unpaired) electrons. The molecule has 1 N–H and O–H groups in total. The first-order valence-corrected chi connectivity index (χ1v) is 11.1. The first kappa shape index (κ1) is 22.9. The summed E-state index contributed by atoms with van der Waals surface area (Å²) in [7, 11) is 0. The predicted octanol–water partition coefficient (Wildman–Crippen LogP) is 3.70. The van der Waals surface area contributed by atoms with Gasteiger partial charge in [0.05, 0.1) is 0 Å². The summed E-state index contributed by atoms with van der Waals surface area (Å²) in [5.74, 6) is 0.558. The second kappa shape index (κ2) is 11.0. The summed E-state index contributed by atoms with van der Waals surface area (Å²) in [5.41, 5.74) is 1.19. The molecule has 1 atom stereocenters. The van der Waals surface area contributed by atoms with Crippen LogP contribution in [0.25, 0.3) is 10.9 Å². The van der Waals surface area contributed by atoms with E-state index in [1.165, 1.54) is 12.4 Å². The summed E-state index contributed by atoms with van der Waals surface area (Å²) in [6, 6.07) is 5.29. The van der Waals surface area contributed by atoms with E-state index >= 15 is 0 Å². The van der Waals surface area contributed by atoms with Crippen molar-refractivity contribution in [2.45, 2.75) is 39.7 Å². The van der Waals surface area contributed by atoms with Crippen LogP contribution < -0.4 is 10.2 Å². The predicted molar refractivity (Wildman–Crippen MR) is 124 cm³/mol. The maximum atomic E-state index is 14.1. The molecule has 0 bridgehead atoms. The fraction of sp³-hybridized carbons (Fsp3) is 0.458. The fourth-order valence-corrected chi connectivity index (χ4v) is 3.97. The number of halogens is 1. The minimum atomic E-state index is -0.325. The molecule has 0 saturated carbocycles. The molecular weight excluding hydrogens is 393 g/mol. The highest BCUT2D eigenvalue weighted by atomic mass is 19.1. The molecule has 1 amide bonds. The Hall–Kier alpha value is -2.80. The van der Waals surface area contributed by atoms with Gasteiger partial charge in [0.25, 0.3) is 0 Å². The maximum absolute atomic E-state index is 14.1. The van der Waals surface area contributed by atoms with E-state index in [9.17, 15) is 9.18 Å². The Kier molecular flexibility index (Phi) is 8.12. The Morgan fingerprint density at radius 2 is 2.19 bits per heavy atom. The Balaban J connectivity index is 1.56. The van der Waals surface area contributed by atoms with Gasteiger partial charge in [-0.15, -0.1) is 0 Å². The van der Waals surface area contributed by atoms with Crippen LogP contribution >= 0.6 is 0 Å². The van der Waals surface area contributed by atoms with E-state index in [2.05, 4.69) is 20.2 Å². The van der Waals surface area contributed by atoms with Crippen LogP contribution in [0.1, 0.15) is 33.6 Å². The van der Waals surface area contributed by atoms with Gasteiger partial charge < -0.3 is 15.1 Å². The number of allylic oxidation sites excluding steroid dienone is 3. The standard InChI is InChI=1S/C24H32FN5O/c1-4-7-9-18(5-2)24(31)29(6-3)15-13-26-19-12-14-30(16-19)23-20-10-8-11-21(25)22(20)27-17-28-23/h4,7-11,17,19,26H,5-6,12-16H2,1-3H3/b7-4-,18-9+. The summed E-state index contributed by atoms with van der Waals surface area (Å²) < 4.78 is 14.1. The van der Waals surface area contributed by atoms with Crippen molar-refractivity contribution >= 4 is 22.6 Å². The van der Waals surface area contributed by atoms with Gasteiger partial charge in [0.1, 0.15) is 23.5 Å². The molecule has 1 fully saturated rings. The Bertz CT molecular complexity index is 958. The van der Waals surface area contributed by atoms with Crippen LogP contribution in [0, 0.1) is 5.82 Å². The topological polar surface area (TPSA) is 61.4 Å². The van der Waals surface area contributed by atoms with Crippen LogP contribution in [0.15, 0.2) is 48.3 Å². The third kappa shape index (κ3) is 5.47. The number of fused-ring (bicyclic) bond motifs is 1. The van der Waals surface area contributed by atoms with Crippen LogP contribution in [-0.2, 0) is 4.79 Å². The molecule has 0 aliphatic carbocycles. The molecule has 1 aliphatic heterocycles. The summed E-state index contributed by atoms with van der Waals surface area (Å²) in [4.78, 5) is 25.3. The number of anilines is 1. The number of carbonyl (C=O) groups excluding carboxylic acids is 1. The van der Waals surface area contributed by atoms with Gasteiger partial charge in [0.2, 0.25) is 5.91 Å². The number of nitrogens with zero attached hydrogens (tertiary/aromatic N) is 4. The number of aromatic nitrogens is 2. The van der Waals surface area contributed by atoms with Crippen molar-refractivity contribution in [1.82, 2.24) is 20.2 Å². The average molecular weight is 426 g/mol. The number of likely N-dealkylation sites (N-methyl/N-ethyl adjacent to an activating group) is 1. The summed E-state index contributed by atoms with van der Waals surface area (Å²) in [6.45, 7) is 9.70. The van der Waals surface area contributed by atoms with Crippen molar-refractivity contribution in [2.75, 3.05) is 37.6 Å². The van der Waals surface area contributed by atoms with E-state index in [0.717, 1.165) is 49.3 Å². The molecular formula is C24H32FN5O. The quantitative estimate of drug-likeness (QED) is 0.490. The Labute approximate surface area is 183 Å². The molecule has 0 spiro atoms. The van der Waals surface area contributed by atoms with Gasteiger partial charge in [-0.3, -0.25) is 4.79 Å². The van der Waals surface area contributed by atoms with E-state index in [1.807, 2.05) is 50.0 Å². The van der Waals surface area contributed by atoms with Crippen molar-refractivity contribution in [2.24, 2.45) is 0 Å². The van der Waals surface area contributed by atoms with Gasteiger partial charge in [-0.2, -0.15) is 0 Å². The van der Waals surface area contributed by atoms with Gasteiger partial charge in [-0.25, -0.2) is 14.4 Å². The van der Waals surface area contributed by atoms with Crippen molar-refractivity contribution in [3.8, 4) is 0 Å². The molecule has 6 nitrogen and oxygen atoms in total.